The maximum Gasteiger partial charge on any atom is 0.0541 e. The van der Waals surface area contributed by atoms with Gasteiger partial charge in [0, 0.05) is 82.3 Å². The van der Waals surface area contributed by atoms with Gasteiger partial charge in [0.1, 0.15) is 0 Å². The van der Waals surface area contributed by atoms with Gasteiger partial charge in [-0.25, -0.2) is 0 Å². The average molecular weight is 1740 g/mol. The Morgan fingerprint density at radius 1 is 0.103 bits per heavy atom. The van der Waals surface area contributed by atoms with Crippen LogP contribution in [0.1, 0.15) is 27.8 Å². The van der Waals surface area contributed by atoms with Crippen molar-refractivity contribution in [3.63, 3.8) is 0 Å². The van der Waals surface area contributed by atoms with Crippen LogP contribution >= 0.6 is 0 Å². The quantitative estimate of drug-likeness (QED) is 0.123. The molecular formula is C131H99N5. The second-order valence-corrected chi connectivity index (χ2v) is 35.5. The van der Waals surface area contributed by atoms with Crippen molar-refractivity contribution in [2.45, 2.75) is 34.6 Å². The van der Waals surface area contributed by atoms with E-state index in [1.807, 2.05) is 0 Å². The molecule has 0 aliphatic carbocycles. The van der Waals surface area contributed by atoms with E-state index in [1.54, 1.807) is 0 Å². The molecule has 0 spiro atoms. The van der Waals surface area contributed by atoms with E-state index < -0.39 is 0 Å². The van der Waals surface area contributed by atoms with Crippen LogP contribution in [0.5, 0.6) is 0 Å². The highest BCUT2D eigenvalue weighted by Gasteiger charge is 2.20. The highest BCUT2D eigenvalue weighted by atomic mass is 15.0. The minimum atomic E-state index is 1.19. The van der Waals surface area contributed by atoms with Crippen LogP contribution in [0.4, 0.5) is 0 Å². The van der Waals surface area contributed by atoms with E-state index in [9.17, 15) is 0 Å². The maximum absolute atomic E-state index is 2.39. The van der Waals surface area contributed by atoms with Crippen LogP contribution in [0.3, 0.4) is 0 Å². The molecule has 5 nitrogen and oxygen atoms in total. The molecule has 0 saturated carbocycles. The van der Waals surface area contributed by atoms with Crippen LogP contribution in [0.15, 0.2) is 510 Å². The molecule has 0 amide bonds. The third-order valence-electron chi connectivity index (χ3n) is 26.5. The Bertz CT molecular complexity index is 8590. The van der Waals surface area contributed by atoms with Crippen LogP contribution in [-0.4, -0.2) is 22.8 Å². The number of hydrogen-bond donors (Lipinski definition) is 0. The lowest BCUT2D eigenvalue weighted by Crippen LogP contribution is -1.94. The minimum Gasteiger partial charge on any atom is -0.309 e. The van der Waals surface area contributed by atoms with Crippen LogP contribution in [0.25, 0.3) is 204 Å². The molecule has 0 atom stereocenters. The molecule has 0 aliphatic rings. The molecule has 5 heterocycles. The number of hydrogen-bond acceptors (Lipinski definition) is 0. The van der Waals surface area contributed by atoms with E-state index in [2.05, 4.69) is 567 Å². The van der Waals surface area contributed by atoms with Crippen molar-refractivity contribution in [3.8, 4) is 95.2 Å². The molecule has 0 unspecified atom stereocenters. The summed E-state index contributed by atoms with van der Waals surface area (Å²) < 4.78 is 11.8. The van der Waals surface area contributed by atoms with Crippen molar-refractivity contribution in [2.75, 3.05) is 0 Å². The predicted octanol–water partition coefficient (Wildman–Crippen LogP) is 35.5. The zero-order chi connectivity index (χ0) is 91.5. The second-order valence-electron chi connectivity index (χ2n) is 35.5. The zero-order valence-corrected chi connectivity index (χ0v) is 76.7. The van der Waals surface area contributed by atoms with E-state index >= 15 is 0 Å². The predicted molar refractivity (Wildman–Crippen MR) is 580 cm³/mol. The zero-order valence-electron chi connectivity index (χ0n) is 76.7. The van der Waals surface area contributed by atoms with Crippen LogP contribution in [-0.2, 0) is 0 Å². The van der Waals surface area contributed by atoms with Crippen LogP contribution < -0.4 is 0 Å². The van der Waals surface area contributed by atoms with Crippen molar-refractivity contribution in [2.24, 2.45) is 0 Å². The topological polar surface area (TPSA) is 24.6 Å². The lowest BCUT2D eigenvalue weighted by Gasteiger charge is -2.10. The minimum absolute atomic E-state index is 1.19. The summed E-state index contributed by atoms with van der Waals surface area (Å²) in [5.41, 5.74) is 39.8. The molecule has 5 heteroatoms. The Morgan fingerprint density at radius 2 is 0.294 bits per heavy atom. The third kappa shape index (κ3) is 16.6. The molecule has 648 valence electrons. The number of benzene rings is 21. The molecule has 21 aromatic carbocycles. The summed E-state index contributed by atoms with van der Waals surface area (Å²) in [5.74, 6) is 0. The normalized spacial score (nSPS) is 11.3. The fourth-order valence-electron chi connectivity index (χ4n) is 19.9. The van der Waals surface area contributed by atoms with Crippen molar-refractivity contribution in [1.29, 1.82) is 0 Å². The van der Waals surface area contributed by atoms with E-state index in [1.165, 1.54) is 232 Å². The molecule has 0 radical (unpaired) electrons. The highest BCUT2D eigenvalue weighted by molar-refractivity contribution is 6.15. The fourth-order valence-corrected chi connectivity index (χ4v) is 19.9. The van der Waals surface area contributed by atoms with Crippen LogP contribution in [0, 0.1) is 34.6 Å². The second kappa shape index (κ2) is 37.1. The number of para-hydroxylation sites is 7. The molecule has 136 heavy (non-hydrogen) atoms. The number of fused-ring (bicyclic) bond motifs is 15. The Hall–Kier alpha value is -17.4. The molecule has 0 aliphatic heterocycles. The molecule has 26 aromatic rings. The lowest BCUT2D eigenvalue weighted by atomic mass is 10.0. The Balaban J connectivity index is 0.0000000988. The highest BCUT2D eigenvalue weighted by Crippen LogP contribution is 2.42. The van der Waals surface area contributed by atoms with Gasteiger partial charge in [-0.15, -0.1) is 0 Å². The lowest BCUT2D eigenvalue weighted by molar-refractivity contribution is 1.17. The maximum atomic E-state index is 2.39. The van der Waals surface area contributed by atoms with Gasteiger partial charge in [0.05, 0.1) is 55.2 Å². The Morgan fingerprint density at radius 3 is 0.596 bits per heavy atom. The van der Waals surface area contributed by atoms with Crippen molar-refractivity contribution in [3.05, 3.63) is 537 Å². The molecule has 5 aromatic heterocycles. The summed E-state index contributed by atoms with van der Waals surface area (Å²) in [5, 5.41) is 12.9. The first-order valence-corrected chi connectivity index (χ1v) is 46.9. The average Bonchev–Trinajstić information content (AvgIpc) is 1.60. The Labute approximate surface area is 793 Å². The molecule has 0 fully saturated rings. The summed E-state index contributed by atoms with van der Waals surface area (Å²) >= 11 is 0. The van der Waals surface area contributed by atoms with Gasteiger partial charge in [-0.1, -0.05) is 387 Å². The van der Waals surface area contributed by atoms with E-state index in [0.29, 0.717) is 0 Å². The third-order valence-corrected chi connectivity index (χ3v) is 26.5. The largest absolute Gasteiger partial charge is 0.309 e. The number of rotatable bonds is 11. The summed E-state index contributed by atoms with van der Waals surface area (Å²) in [6.45, 7) is 10.7. The van der Waals surface area contributed by atoms with E-state index in [0.717, 1.165) is 0 Å². The van der Waals surface area contributed by atoms with Gasteiger partial charge >= 0.3 is 0 Å². The molecular weight excluding hydrogens is 1640 g/mol. The number of aryl methyl sites for hydroxylation is 5. The number of aromatic nitrogens is 5. The first-order chi connectivity index (χ1) is 67.0. The van der Waals surface area contributed by atoms with E-state index in [-0.39, 0.29) is 0 Å². The number of nitrogens with zero attached hydrogens (tertiary/aromatic N) is 5. The first-order valence-electron chi connectivity index (χ1n) is 46.9. The van der Waals surface area contributed by atoms with E-state index in [4.69, 9.17) is 0 Å². The summed E-state index contributed by atoms with van der Waals surface area (Å²) in [6, 6.07) is 183. The Kier molecular flexibility index (Phi) is 23.0. The van der Waals surface area contributed by atoms with Gasteiger partial charge in [0.2, 0.25) is 0 Å². The SMILES string of the molecule is Cc1ccc(-c2ccc(-n3c4ccccc4c4ccccc43)cc2)cc1.Cc1ccc(-c2cccc(-n3c4ccccc4c4ccccc43)c2)cc1.Cc1cccc(-c2ccc(-n3c4ccccc4c4ccccc43)cc2)c1.Cc1cccc(-n2c3ccc(-c4ccccc4)cc3c3cc(-c4ccccc4)ccc32)c1.Cc1cccc(-n2c3ccccc3c3cc(-c4ccccc4)ccc32)c1. The molecule has 0 N–H and O–H groups in total. The van der Waals surface area contributed by atoms with Crippen molar-refractivity contribution < 1.29 is 0 Å². The van der Waals surface area contributed by atoms with Gasteiger partial charge in [0.25, 0.3) is 0 Å². The van der Waals surface area contributed by atoms with Gasteiger partial charge in [-0.05, 0) is 252 Å². The summed E-state index contributed by atoms with van der Waals surface area (Å²) in [6.07, 6.45) is 0. The first kappa shape index (κ1) is 84.2. The molecule has 26 rings (SSSR count). The van der Waals surface area contributed by atoms with Gasteiger partial charge in [-0.2, -0.15) is 0 Å². The summed E-state index contributed by atoms with van der Waals surface area (Å²) in [7, 11) is 0. The monoisotopic (exact) mass is 1740 g/mol. The van der Waals surface area contributed by atoms with Crippen molar-refractivity contribution >= 4 is 109 Å². The van der Waals surface area contributed by atoms with Gasteiger partial charge in [-0.3, -0.25) is 0 Å². The van der Waals surface area contributed by atoms with Gasteiger partial charge < -0.3 is 22.8 Å². The summed E-state index contributed by atoms with van der Waals surface area (Å²) in [4.78, 5) is 0. The smallest absolute Gasteiger partial charge is 0.0541 e. The standard InChI is InChI=1S/C31H23N.4C25H19N/c1-22-9-8-14-27(19-22)32-30-17-15-25(23-10-4-2-5-11-23)20-28(30)29-21-26(16-18-31(29)32)24-12-6-3-7-13-24;1-18-13-15-19(16-14-18)20-7-6-8-21(17-20)26-24-11-4-2-9-22(24)23-10-3-5-12-25(23)26;1-18-7-6-8-20(17-18)19-13-15-21(16-14-19)26-24-11-4-2-9-22(24)23-10-3-5-12-25(23)26;1-18-10-12-19(13-11-18)20-14-16-21(17-15-20)26-24-8-4-2-6-22(24)23-7-3-5-9-25(23)26;1-18-8-7-11-21(16-18)26-24-13-6-5-12-22(24)23-17-20(14-15-25(23)26)19-9-3-2-4-10-19/h2-21H,1H3;4*2-17H,1H3. The molecule has 0 saturated heterocycles. The fraction of sp³-hybridized carbons (Fsp3) is 0.0382. The molecule has 0 bridgehead atoms. The van der Waals surface area contributed by atoms with Crippen LogP contribution in [0.2, 0.25) is 0 Å². The van der Waals surface area contributed by atoms with Crippen molar-refractivity contribution in [1.82, 2.24) is 22.8 Å². The van der Waals surface area contributed by atoms with Gasteiger partial charge in [0.15, 0.2) is 0 Å².